The smallest absolute Gasteiger partial charge is 0.311 e. The molecule has 112 valence electrons. The van der Waals surface area contributed by atoms with Gasteiger partial charge in [0.1, 0.15) is 0 Å². The van der Waals surface area contributed by atoms with Crippen LogP contribution in [-0.2, 0) is 14.3 Å². The van der Waals surface area contributed by atoms with Crippen molar-refractivity contribution >= 4 is 5.97 Å². The summed E-state index contributed by atoms with van der Waals surface area (Å²) < 4.78 is 11.1. The Kier molecular flexibility index (Phi) is 7.39. The predicted molar refractivity (Wildman–Crippen MR) is 73.8 cm³/mol. The van der Waals surface area contributed by atoms with Crippen LogP contribution in [0.15, 0.2) is 0 Å². The molecule has 0 amide bonds. The van der Waals surface area contributed by atoms with Crippen LogP contribution in [0.3, 0.4) is 0 Å². The highest BCUT2D eigenvalue weighted by Crippen LogP contribution is 2.29. The van der Waals surface area contributed by atoms with Crippen LogP contribution in [-0.4, -0.2) is 36.0 Å². The molecule has 1 aliphatic rings. The van der Waals surface area contributed by atoms with E-state index in [1.165, 1.54) is 0 Å². The zero-order valence-electron chi connectivity index (χ0n) is 12.4. The standard InChI is InChI=1S/C15H28O4/c1-4-6-9-18-15(17)11(3)14-8-7-13(19-14)10-12(16)5-2/h11-14,16H,4-10H2,1-3H3/t11-,12+,13+,14-/m0/s1. The Hall–Kier alpha value is -0.610. The number of unbranched alkanes of at least 4 members (excludes halogenated alkanes) is 1. The molecular formula is C15H28O4. The molecule has 1 rings (SSSR count). The van der Waals surface area contributed by atoms with Gasteiger partial charge in [-0.2, -0.15) is 0 Å². The van der Waals surface area contributed by atoms with Gasteiger partial charge in [0.05, 0.1) is 30.8 Å². The van der Waals surface area contributed by atoms with Crippen LogP contribution in [0.2, 0.25) is 0 Å². The van der Waals surface area contributed by atoms with Crippen LogP contribution in [0.25, 0.3) is 0 Å². The van der Waals surface area contributed by atoms with E-state index in [2.05, 4.69) is 6.92 Å². The summed E-state index contributed by atoms with van der Waals surface area (Å²) in [6.07, 6.45) is 4.90. The third-order valence-electron chi connectivity index (χ3n) is 3.82. The van der Waals surface area contributed by atoms with E-state index in [4.69, 9.17) is 9.47 Å². The fourth-order valence-electron chi connectivity index (χ4n) is 2.35. The van der Waals surface area contributed by atoms with Gasteiger partial charge in [0.2, 0.25) is 0 Å². The number of esters is 1. The third kappa shape index (κ3) is 5.49. The lowest BCUT2D eigenvalue weighted by Crippen LogP contribution is -2.28. The fourth-order valence-corrected chi connectivity index (χ4v) is 2.35. The fraction of sp³-hybridized carbons (Fsp3) is 0.933. The average Bonchev–Trinajstić information content (AvgIpc) is 2.86. The van der Waals surface area contributed by atoms with Gasteiger partial charge in [0, 0.05) is 0 Å². The molecule has 0 bridgehead atoms. The lowest BCUT2D eigenvalue weighted by Gasteiger charge is -2.20. The van der Waals surface area contributed by atoms with Gasteiger partial charge in [-0.25, -0.2) is 0 Å². The Bertz CT molecular complexity index is 267. The highest BCUT2D eigenvalue weighted by molar-refractivity contribution is 5.72. The summed E-state index contributed by atoms with van der Waals surface area (Å²) in [5.41, 5.74) is 0. The molecule has 0 radical (unpaired) electrons. The number of hydrogen-bond donors (Lipinski definition) is 1. The molecule has 1 fully saturated rings. The number of ether oxygens (including phenoxy) is 2. The van der Waals surface area contributed by atoms with Crippen molar-refractivity contribution in [2.45, 2.75) is 77.6 Å². The van der Waals surface area contributed by atoms with Gasteiger partial charge in [-0.05, 0) is 39.0 Å². The summed E-state index contributed by atoms with van der Waals surface area (Å²) in [4.78, 5) is 11.8. The van der Waals surface area contributed by atoms with Gasteiger partial charge in [0.25, 0.3) is 0 Å². The SMILES string of the molecule is CCCCOC(=O)[C@@H](C)[C@@H]1CC[C@H](C[C@H](O)CC)O1. The van der Waals surface area contributed by atoms with Gasteiger partial charge in [-0.3, -0.25) is 4.79 Å². The topological polar surface area (TPSA) is 55.8 Å². The Balaban J connectivity index is 2.30. The van der Waals surface area contributed by atoms with Crippen LogP contribution < -0.4 is 0 Å². The van der Waals surface area contributed by atoms with Crippen LogP contribution in [0.4, 0.5) is 0 Å². The van der Waals surface area contributed by atoms with Crippen molar-refractivity contribution in [3.05, 3.63) is 0 Å². The molecule has 0 aromatic heterocycles. The zero-order chi connectivity index (χ0) is 14.3. The molecule has 1 aliphatic heterocycles. The minimum absolute atomic E-state index is 0.0526. The van der Waals surface area contributed by atoms with Gasteiger partial charge >= 0.3 is 5.97 Å². The van der Waals surface area contributed by atoms with Crippen molar-refractivity contribution in [3.8, 4) is 0 Å². The van der Waals surface area contributed by atoms with E-state index in [0.29, 0.717) is 13.0 Å². The van der Waals surface area contributed by atoms with E-state index in [9.17, 15) is 9.90 Å². The van der Waals surface area contributed by atoms with Crippen molar-refractivity contribution in [1.82, 2.24) is 0 Å². The molecule has 19 heavy (non-hydrogen) atoms. The van der Waals surface area contributed by atoms with Crippen molar-refractivity contribution in [2.24, 2.45) is 5.92 Å². The zero-order valence-corrected chi connectivity index (χ0v) is 12.4. The molecule has 0 aromatic carbocycles. The van der Waals surface area contributed by atoms with E-state index in [0.717, 1.165) is 32.1 Å². The Morgan fingerprint density at radius 3 is 2.79 bits per heavy atom. The molecular weight excluding hydrogens is 244 g/mol. The van der Waals surface area contributed by atoms with Gasteiger partial charge in [0.15, 0.2) is 0 Å². The number of hydrogen-bond acceptors (Lipinski definition) is 4. The summed E-state index contributed by atoms with van der Waals surface area (Å²) in [6.45, 7) is 6.41. The molecule has 0 saturated carbocycles. The van der Waals surface area contributed by atoms with Gasteiger partial charge in [-0.1, -0.05) is 20.3 Å². The summed E-state index contributed by atoms with van der Waals surface area (Å²) in [5.74, 6) is -0.365. The normalized spacial score (nSPS) is 26.1. The van der Waals surface area contributed by atoms with Gasteiger partial charge < -0.3 is 14.6 Å². The Morgan fingerprint density at radius 2 is 2.16 bits per heavy atom. The second kappa shape index (κ2) is 8.54. The maximum Gasteiger partial charge on any atom is 0.311 e. The van der Waals surface area contributed by atoms with Crippen LogP contribution in [0.1, 0.15) is 59.3 Å². The molecule has 0 spiro atoms. The average molecular weight is 272 g/mol. The maximum atomic E-state index is 11.8. The van der Waals surface area contributed by atoms with E-state index in [-0.39, 0.29) is 30.2 Å². The quantitative estimate of drug-likeness (QED) is 0.545. The van der Waals surface area contributed by atoms with Crippen LogP contribution in [0, 0.1) is 5.92 Å². The molecule has 0 aromatic rings. The molecule has 1 heterocycles. The van der Waals surface area contributed by atoms with Crippen molar-refractivity contribution in [1.29, 1.82) is 0 Å². The van der Waals surface area contributed by atoms with E-state index >= 15 is 0 Å². The second-order valence-electron chi connectivity index (χ2n) is 5.48. The highest BCUT2D eigenvalue weighted by atomic mass is 16.5. The lowest BCUT2D eigenvalue weighted by atomic mass is 10.0. The van der Waals surface area contributed by atoms with Gasteiger partial charge in [-0.15, -0.1) is 0 Å². The molecule has 1 saturated heterocycles. The number of carbonyl (C=O) groups is 1. The first-order valence-electron chi connectivity index (χ1n) is 7.58. The highest BCUT2D eigenvalue weighted by Gasteiger charge is 2.34. The monoisotopic (exact) mass is 272 g/mol. The largest absolute Gasteiger partial charge is 0.465 e. The lowest BCUT2D eigenvalue weighted by molar-refractivity contribution is -0.153. The van der Waals surface area contributed by atoms with Crippen LogP contribution >= 0.6 is 0 Å². The summed E-state index contributed by atoms with van der Waals surface area (Å²) in [7, 11) is 0. The molecule has 4 heteroatoms. The van der Waals surface area contributed by atoms with Crippen molar-refractivity contribution in [2.75, 3.05) is 6.61 Å². The summed E-state index contributed by atoms with van der Waals surface area (Å²) in [6, 6.07) is 0. The number of rotatable bonds is 8. The molecule has 0 aliphatic carbocycles. The predicted octanol–water partition coefficient (Wildman–Crippen LogP) is 2.67. The first kappa shape index (κ1) is 16.4. The summed E-state index contributed by atoms with van der Waals surface area (Å²) >= 11 is 0. The first-order valence-corrected chi connectivity index (χ1v) is 7.58. The number of carbonyl (C=O) groups excluding carboxylic acids is 1. The molecule has 1 N–H and O–H groups in total. The maximum absolute atomic E-state index is 11.8. The number of aliphatic hydroxyl groups is 1. The van der Waals surface area contributed by atoms with Crippen LogP contribution in [0.5, 0.6) is 0 Å². The van der Waals surface area contributed by atoms with E-state index in [1.54, 1.807) is 0 Å². The number of aliphatic hydroxyl groups excluding tert-OH is 1. The Labute approximate surface area is 116 Å². The van der Waals surface area contributed by atoms with E-state index < -0.39 is 0 Å². The minimum Gasteiger partial charge on any atom is -0.465 e. The third-order valence-corrected chi connectivity index (χ3v) is 3.82. The van der Waals surface area contributed by atoms with E-state index in [1.807, 2.05) is 13.8 Å². The minimum atomic E-state index is -0.296. The Morgan fingerprint density at radius 1 is 1.42 bits per heavy atom. The molecule has 4 atom stereocenters. The molecule has 4 nitrogen and oxygen atoms in total. The van der Waals surface area contributed by atoms with Crippen molar-refractivity contribution < 1.29 is 19.4 Å². The second-order valence-corrected chi connectivity index (χ2v) is 5.48. The van der Waals surface area contributed by atoms with Crippen molar-refractivity contribution in [3.63, 3.8) is 0 Å². The first-order chi connectivity index (χ1) is 9.08. The summed E-state index contributed by atoms with van der Waals surface area (Å²) in [5, 5.41) is 9.62. The molecule has 0 unspecified atom stereocenters.